The second-order valence-electron chi connectivity index (χ2n) is 6.87. The summed E-state index contributed by atoms with van der Waals surface area (Å²) in [7, 11) is -3.58. The third-order valence-electron chi connectivity index (χ3n) is 4.66. The van der Waals surface area contributed by atoms with Gasteiger partial charge in [-0.1, -0.05) is 56.3 Å². The van der Waals surface area contributed by atoms with Crippen molar-refractivity contribution >= 4 is 10.0 Å². The first kappa shape index (κ1) is 18.1. The number of sulfonamides is 1. The van der Waals surface area contributed by atoms with Gasteiger partial charge in [0.25, 0.3) is 0 Å². The zero-order chi connectivity index (χ0) is 18.0. The Hall–Kier alpha value is -1.69. The highest BCUT2D eigenvalue weighted by molar-refractivity contribution is 7.89. The van der Waals surface area contributed by atoms with Crippen molar-refractivity contribution in [2.45, 2.75) is 43.7 Å². The van der Waals surface area contributed by atoms with E-state index in [9.17, 15) is 8.42 Å². The standard InChI is InChI=1S/C20H25NO3S/c1-15(2)17-9-11-19(12-10-17)25(22,23)21-13-16(3)24-14-20(21)18-7-5-4-6-8-18/h4-12,15-16,20H,13-14H2,1-3H3. The molecule has 0 bridgehead atoms. The summed E-state index contributed by atoms with van der Waals surface area (Å²) in [5.41, 5.74) is 2.09. The topological polar surface area (TPSA) is 46.6 Å². The highest BCUT2D eigenvalue weighted by Gasteiger charge is 2.37. The van der Waals surface area contributed by atoms with Gasteiger partial charge in [-0.05, 0) is 36.1 Å². The van der Waals surface area contributed by atoms with E-state index in [4.69, 9.17) is 4.74 Å². The van der Waals surface area contributed by atoms with E-state index in [0.717, 1.165) is 11.1 Å². The maximum atomic E-state index is 13.3. The lowest BCUT2D eigenvalue weighted by molar-refractivity contribution is -0.0231. The van der Waals surface area contributed by atoms with Crippen LogP contribution in [0.2, 0.25) is 0 Å². The number of nitrogens with zero attached hydrogens (tertiary/aromatic N) is 1. The summed E-state index contributed by atoms with van der Waals surface area (Å²) in [6.45, 7) is 6.82. The van der Waals surface area contributed by atoms with Gasteiger partial charge in [0, 0.05) is 6.54 Å². The van der Waals surface area contributed by atoms with Gasteiger partial charge in [-0.2, -0.15) is 4.31 Å². The van der Waals surface area contributed by atoms with E-state index in [1.807, 2.05) is 49.4 Å². The zero-order valence-corrected chi connectivity index (χ0v) is 15.7. The molecule has 2 unspecified atom stereocenters. The molecule has 2 aromatic rings. The molecule has 4 nitrogen and oxygen atoms in total. The molecule has 1 aliphatic rings. The Morgan fingerprint density at radius 1 is 1.04 bits per heavy atom. The fraction of sp³-hybridized carbons (Fsp3) is 0.400. The third-order valence-corrected chi connectivity index (χ3v) is 6.55. The SMILES string of the molecule is CC1CN(S(=O)(=O)c2ccc(C(C)C)cc2)C(c2ccccc2)CO1. The van der Waals surface area contributed by atoms with E-state index in [1.54, 1.807) is 16.4 Å². The van der Waals surface area contributed by atoms with Crippen molar-refractivity contribution < 1.29 is 13.2 Å². The molecular weight excluding hydrogens is 334 g/mol. The second kappa shape index (κ2) is 7.28. The van der Waals surface area contributed by atoms with E-state index >= 15 is 0 Å². The predicted molar refractivity (Wildman–Crippen MR) is 99.0 cm³/mol. The largest absolute Gasteiger partial charge is 0.375 e. The highest BCUT2D eigenvalue weighted by atomic mass is 32.2. The predicted octanol–water partition coefficient (Wildman–Crippen LogP) is 3.96. The minimum Gasteiger partial charge on any atom is -0.375 e. The van der Waals surface area contributed by atoms with E-state index in [2.05, 4.69) is 13.8 Å². The quantitative estimate of drug-likeness (QED) is 0.830. The van der Waals surface area contributed by atoms with Crippen LogP contribution in [0.5, 0.6) is 0 Å². The first-order valence-electron chi connectivity index (χ1n) is 8.68. The monoisotopic (exact) mass is 359 g/mol. The van der Waals surface area contributed by atoms with Gasteiger partial charge in [0.15, 0.2) is 0 Å². The minimum absolute atomic E-state index is 0.121. The van der Waals surface area contributed by atoms with Gasteiger partial charge in [0.2, 0.25) is 10.0 Å². The van der Waals surface area contributed by atoms with Gasteiger partial charge < -0.3 is 4.74 Å². The Morgan fingerprint density at radius 3 is 2.28 bits per heavy atom. The highest BCUT2D eigenvalue weighted by Crippen LogP contribution is 2.32. The summed E-state index contributed by atoms with van der Waals surface area (Å²) in [4.78, 5) is 0.340. The zero-order valence-electron chi connectivity index (χ0n) is 14.9. The first-order chi connectivity index (χ1) is 11.9. The summed E-state index contributed by atoms with van der Waals surface area (Å²) < 4.78 is 33.9. The Morgan fingerprint density at radius 2 is 1.68 bits per heavy atom. The average Bonchev–Trinajstić information content (AvgIpc) is 2.62. The van der Waals surface area contributed by atoms with Crippen LogP contribution in [0.4, 0.5) is 0 Å². The molecule has 0 saturated carbocycles. The fourth-order valence-electron chi connectivity index (χ4n) is 3.14. The van der Waals surface area contributed by atoms with Gasteiger partial charge in [0.05, 0.1) is 23.6 Å². The summed E-state index contributed by atoms with van der Waals surface area (Å²) in [6, 6.07) is 16.6. The minimum atomic E-state index is -3.58. The molecule has 0 aliphatic carbocycles. The smallest absolute Gasteiger partial charge is 0.243 e. The number of benzene rings is 2. The summed E-state index contributed by atoms with van der Waals surface area (Å²) in [5.74, 6) is 0.372. The van der Waals surface area contributed by atoms with Gasteiger partial charge in [-0.3, -0.25) is 0 Å². The molecule has 1 fully saturated rings. The second-order valence-corrected chi connectivity index (χ2v) is 8.76. The molecule has 0 N–H and O–H groups in total. The summed E-state index contributed by atoms with van der Waals surface area (Å²) in [6.07, 6.45) is -0.121. The Kier molecular flexibility index (Phi) is 5.27. The molecule has 134 valence electrons. The Balaban J connectivity index is 1.97. The van der Waals surface area contributed by atoms with E-state index in [0.29, 0.717) is 24.0 Å². The first-order valence-corrected chi connectivity index (χ1v) is 10.1. The molecular formula is C20H25NO3S. The van der Waals surface area contributed by atoms with Crippen LogP contribution in [0.15, 0.2) is 59.5 Å². The van der Waals surface area contributed by atoms with Crippen LogP contribution in [0.25, 0.3) is 0 Å². The molecule has 0 spiro atoms. The van der Waals surface area contributed by atoms with Crippen molar-refractivity contribution in [2.75, 3.05) is 13.2 Å². The van der Waals surface area contributed by atoms with Gasteiger partial charge in [-0.15, -0.1) is 0 Å². The fourth-order valence-corrected chi connectivity index (χ4v) is 4.81. The van der Waals surface area contributed by atoms with E-state index in [1.165, 1.54) is 0 Å². The molecule has 3 rings (SSSR count). The van der Waals surface area contributed by atoms with Crippen LogP contribution < -0.4 is 0 Å². The molecule has 1 aliphatic heterocycles. The molecule has 2 aromatic carbocycles. The van der Waals surface area contributed by atoms with Crippen molar-refractivity contribution in [2.24, 2.45) is 0 Å². The molecule has 5 heteroatoms. The van der Waals surface area contributed by atoms with Crippen LogP contribution in [-0.4, -0.2) is 32.0 Å². The van der Waals surface area contributed by atoms with Crippen LogP contribution in [0.3, 0.4) is 0 Å². The maximum absolute atomic E-state index is 13.3. The Bertz CT molecular complexity index is 801. The molecule has 25 heavy (non-hydrogen) atoms. The van der Waals surface area contributed by atoms with Crippen molar-refractivity contribution in [3.05, 3.63) is 65.7 Å². The van der Waals surface area contributed by atoms with Crippen molar-refractivity contribution in [1.29, 1.82) is 0 Å². The van der Waals surface area contributed by atoms with Crippen LogP contribution >= 0.6 is 0 Å². The number of hydrogen-bond acceptors (Lipinski definition) is 3. The number of rotatable bonds is 4. The molecule has 2 atom stereocenters. The molecule has 0 radical (unpaired) electrons. The Labute approximate surface area is 150 Å². The van der Waals surface area contributed by atoms with Crippen molar-refractivity contribution in [1.82, 2.24) is 4.31 Å². The van der Waals surface area contributed by atoms with Crippen LogP contribution in [-0.2, 0) is 14.8 Å². The third kappa shape index (κ3) is 3.78. The van der Waals surface area contributed by atoms with E-state index < -0.39 is 10.0 Å². The number of morpholine rings is 1. The maximum Gasteiger partial charge on any atom is 0.243 e. The van der Waals surface area contributed by atoms with E-state index in [-0.39, 0.29) is 12.1 Å². The molecule has 1 saturated heterocycles. The molecule has 0 aromatic heterocycles. The summed E-state index contributed by atoms with van der Waals surface area (Å²) >= 11 is 0. The van der Waals surface area contributed by atoms with Crippen LogP contribution in [0, 0.1) is 0 Å². The average molecular weight is 359 g/mol. The normalized spacial score (nSPS) is 22.2. The van der Waals surface area contributed by atoms with Crippen molar-refractivity contribution in [3.63, 3.8) is 0 Å². The number of ether oxygens (including phenoxy) is 1. The van der Waals surface area contributed by atoms with Gasteiger partial charge in [-0.25, -0.2) is 8.42 Å². The van der Waals surface area contributed by atoms with Gasteiger partial charge in [0.1, 0.15) is 0 Å². The number of hydrogen-bond donors (Lipinski definition) is 0. The lowest BCUT2D eigenvalue weighted by Crippen LogP contribution is -2.46. The lowest BCUT2D eigenvalue weighted by atomic mass is 10.0. The van der Waals surface area contributed by atoms with Crippen molar-refractivity contribution in [3.8, 4) is 0 Å². The van der Waals surface area contributed by atoms with Gasteiger partial charge >= 0.3 is 0 Å². The molecule has 0 amide bonds. The lowest BCUT2D eigenvalue weighted by Gasteiger charge is -2.37. The van der Waals surface area contributed by atoms with Crippen LogP contribution in [0.1, 0.15) is 43.9 Å². The molecule has 1 heterocycles. The summed E-state index contributed by atoms with van der Waals surface area (Å²) in [5, 5.41) is 0.